The second kappa shape index (κ2) is 6.69. The largest absolute Gasteiger partial charge is 0.393 e. The monoisotopic (exact) mass is 241 g/mol. The Balaban J connectivity index is 2.45. The third-order valence-corrected chi connectivity index (χ3v) is 2.65. The Morgan fingerprint density at radius 1 is 1.35 bits per heavy atom. The normalized spacial score (nSPS) is 14.9. The molecule has 2 unspecified atom stereocenters. The van der Waals surface area contributed by atoms with E-state index in [-0.39, 0.29) is 11.9 Å². The third kappa shape index (κ3) is 5.26. The zero-order chi connectivity index (χ0) is 12.8. The van der Waals surface area contributed by atoms with Gasteiger partial charge < -0.3 is 15.1 Å². The Labute approximate surface area is 101 Å². The molecule has 1 aromatic rings. The quantitative estimate of drug-likeness (QED) is 0.794. The van der Waals surface area contributed by atoms with E-state index in [0.717, 1.165) is 0 Å². The summed E-state index contributed by atoms with van der Waals surface area (Å²) < 4.78 is 13.0. The van der Waals surface area contributed by atoms with E-state index >= 15 is 0 Å². The predicted molar refractivity (Wildman–Crippen MR) is 65.2 cm³/mol. The smallest absolute Gasteiger partial charge is 0.123 e. The summed E-state index contributed by atoms with van der Waals surface area (Å²) in [5, 5.41) is 19.1. The molecule has 0 bridgehead atoms. The average molecular weight is 241 g/mol. The Morgan fingerprint density at radius 2 is 2.06 bits per heavy atom. The van der Waals surface area contributed by atoms with E-state index in [4.69, 9.17) is 5.11 Å². The first-order chi connectivity index (χ1) is 7.99. The van der Waals surface area contributed by atoms with Crippen molar-refractivity contribution >= 4 is 0 Å². The van der Waals surface area contributed by atoms with Crippen LogP contribution in [0.3, 0.4) is 0 Å². The van der Waals surface area contributed by atoms with E-state index in [1.807, 2.05) is 11.9 Å². The Kier molecular flexibility index (Phi) is 5.55. The number of hydrogen-bond acceptors (Lipinski definition) is 3. The van der Waals surface area contributed by atoms with Crippen molar-refractivity contribution in [3.8, 4) is 0 Å². The fourth-order valence-electron chi connectivity index (χ4n) is 1.61. The molecule has 2 atom stereocenters. The van der Waals surface area contributed by atoms with Crippen molar-refractivity contribution in [2.24, 2.45) is 0 Å². The summed E-state index contributed by atoms with van der Waals surface area (Å²) in [5.74, 6) is -0.340. The number of aliphatic hydroxyl groups is 2. The molecule has 1 rings (SSSR count). The van der Waals surface area contributed by atoms with Gasteiger partial charge in [0.15, 0.2) is 0 Å². The lowest BCUT2D eigenvalue weighted by atomic mass is 10.1. The zero-order valence-corrected chi connectivity index (χ0v) is 10.3. The van der Waals surface area contributed by atoms with E-state index in [2.05, 4.69) is 0 Å². The lowest BCUT2D eigenvalue weighted by Crippen LogP contribution is -2.27. The standard InChI is InChI=1S/C13H20FNO2/c1-10(16)6-7-15(2)9-13(17)11-4-3-5-12(14)8-11/h3-5,8,10,13,16-17H,6-7,9H2,1-2H3. The van der Waals surface area contributed by atoms with Crippen molar-refractivity contribution in [3.05, 3.63) is 35.6 Å². The summed E-state index contributed by atoms with van der Waals surface area (Å²) in [7, 11) is 1.87. The Hall–Kier alpha value is -0.970. The molecule has 0 aromatic heterocycles. The molecular formula is C13H20FNO2. The molecule has 96 valence electrons. The number of halogens is 1. The van der Waals surface area contributed by atoms with E-state index in [1.54, 1.807) is 19.1 Å². The molecule has 4 heteroatoms. The number of rotatable bonds is 6. The van der Waals surface area contributed by atoms with Gasteiger partial charge in [0.1, 0.15) is 5.82 Å². The van der Waals surface area contributed by atoms with Crippen LogP contribution in [0.5, 0.6) is 0 Å². The van der Waals surface area contributed by atoms with E-state index < -0.39 is 6.10 Å². The molecule has 0 fully saturated rings. The molecule has 17 heavy (non-hydrogen) atoms. The van der Waals surface area contributed by atoms with Crippen molar-refractivity contribution < 1.29 is 14.6 Å². The highest BCUT2D eigenvalue weighted by atomic mass is 19.1. The van der Waals surface area contributed by atoms with Crippen LogP contribution in [0.4, 0.5) is 4.39 Å². The lowest BCUT2D eigenvalue weighted by molar-refractivity contribution is 0.111. The van der Waals surface area contributed by atoms with Gasteiger partial charge in [-0.2, -0.15) is 0 Å². The maximum atomic E-state index is 13.0. The molecular weight excluding hydrogens is 221 g/mol. The number of benzene rings is 1. The summed E-state index contributed by atoms with van der Waals surface area (Å²) in [6.45, 7) is 2.86. The van der Waals surface area contributed by atoms with Crippen LogP contribution in [0.15, 0.2) is 24.3 Å². The number of nitrogens with zero attached hydrogens (tertiary/aromatic N) is 1. The first kappa shape index (κ1) is 14.1. The van der Waals surface area contributed by atoms with Gasteiger partial charge in [-0.3, -0.25) is 0 Å². The molecule has 0 spiro atoms. The van der Waals surface area contributed by atoms with Gasteiger partial charge in [0.25, 0.3) is 0 Å². The second-order valence-electron chi connectivity index (χ2n) is 4.47. The van der Waals surface area contributed by atoms with Crippen molar-refractivity contribution in [3.63, 3.8) is 0 Å². The topological polar surface area (TPSA) is 43.7 Å². The molecule has 0 saturated carbocycles. The average Bonchev–Trinajstić information content (AvgIpc) is 2.26. The van der Waals surface area contributed by atoms with Gasteiger partial charge in [-0.15, -0.1) is 0 Å². The van der Waals surface area contributed by atoms with Crippen LogP contribution in [-0.2, 0) is 0 Å². The van der Waals surface area contributed by atoms with Crippen molar-refractivity contribution in [2.75, 3.05) is 20.1 Å². The second-order valence-corrected chi connectivity index (χ2v) is 4.47. The maximum absolute atomic E-state index is 13.0. The van der Waals surface area contributed by atoms with Crippen molar-refractivity contribution in [1.29, 1.82) is 0 Å². The minimum absolute atomic E-state index is 0.340. The van der Waals surface area contributed by atoms with Crippen LogP contribution in [0.1, 0.15) is 25.0 Å². The fourth-order valence-corrected chi connectivity index (χ4v) is 1.61. The van der Waals surface area contributed by atoms with Crippen LogP contribution in [0.2, 0.25) is 0 Å². The van der Waals surface area contributed by atoms with Gasteiger partial charge in [0.2, 0.25) is 0 Å². The Morgan fingerprint density at radius 3 is 2.65 bits per heavy atom. The highest BCUT2D eigenvalue weighted by molar-refractivity contribution is 5.18. The van der Waals surface area contributed by atoms with Crippen LogP contribution in [0, 0.1) is 5.82 Å². The van der Waals surface area contributed by atoms with Crippen LogP contribution in [-0.4, -0.2) is 41.4 Å². The first-order valence-electron chi connectivity index (χ1n) is 5.79. The zero-order valence-electron chi connectivity index (χ0n) is 10.3. The van der Waals surface area contributed by atoms with Crippen LogP contribution in [0.25, 0.3) is 0 Å². The third-order valence-electron chi connectivity index (χ3n) is 2.65. The SMILES string of the molecule is CC(O)CCN(C)CC(O)c1cccc(F)c1. The summed E-state index contributed by atoms with van der Waals surface area (Å²) in [5.41, 5.74) is 0.578. The van der Waals surface area contributed by atoms with Gasteiger partial charge in [-0.1, -0.05) is 12.1 Å². The van der Waals surface area contributed by atoms with E-state index in [9.17, 15) is 9.50 Å². The first-order valence-corrected chi connectivity index (χ1v) is 5.79. The van der Waals surface area contributed by atoms with Crippen molar-refractivity contribution in [1.82, 2.24) is 4.90 Å². The van der Waals surface area contributed by atoms with Crippen LogP contribution >= 0.6 is 0 Å². The molecule has 0 aliphatic heterocycles. The minimum atomic E-state index is -0.704. The molecule has 1 aromatic carbocycles. The maximum Gasteiger partial charge on any atom is 0.123 e. The Bertz CT molecular complexity index is 344. The molecule has 3 nitrogen and oxygen atoms in total. The summed E-state index contributed by atoms with van der Waals surface area (Å²) >= 11 is 0. The predicted octanol–water partition coefficient (Wildman–Crippen LogP) is 1.56. The van der Waals surface area contributed by atoms with Gasteiger partial charge in [-0.05, 0) is 38.1 Å². The number of hydrogen-bond donors (Lipinski definition) is 2. The molecule has 0 saturated heterocycles. The molecule has 0 aliphatic rings. The van der Waals surface area contributed by atoms with E-state index in [1.165, 1.54) is 12.1 Å². The van der Waals surface area contributed by atoms with Crippen molar-refractivity contribution in [2.45, 2.75) is 25.6 Å². The molecule has 0 aliphatic carbocycles. The van der Waals surface area contributed by atoms with Gasteiger partial charge in [0.05, 0.1) is 12.2 Å². The number of aliphatic hydroxyl groups excluding tert-OH is 2. The molecule has 2 N–H and O–H groups in total. The minimum Gasteiger partial charge on any atom is -0.393 e. The lowest BCUT2D eigenvalue weighted by Gasteiger charge is -2.21. The summed E-state index contributed by atoms with van der Waals surface area (Å²) in [4.78, 5) is 1.92. The van der Waals surface area contributed by atoms with Gasteiger partial charge in [0, 0.05) is 13.1 Å². The molecule has 0 heterocycles. The highest BCUT2D eigenvalue weighted by Gasteiger charge is 2.11. The van der Waals surface area contributed by atoms with Gasteiger partial charge in [-0.25, -0.2) is 4.39 Å². The summed E-state index contributed by atoms with van der Waals surface area (Å²) in [6, 6.07) is 5.99. The van der Waals surface area contributed by atoms with Gasteiger partial charge >= 0.3 is 0 Å². The fraction of sp³-hybridized carbons (Fsp3) is 0.538. The molecule has 0 radical (unpaired) electrons. The highest BCUT2D eigenvalue weighted by Crippen LogP contribution is 2.15. The van der Waals surface area contributed by atoms with E-state index in [0.29, 0.717) is 25.1 Å². The molecule has 0 amide bonds. The number of likely N-dealkylation sites (N-methyl/N-ethyl adjacent to an activating group) is 1. The van der Waals surface area contributed by atoms with Crippen LogP contribution < -0.4 is 0 Å². The summed E-state index contributed by atoms with van der Waals surface area (Å²) in [6.07, 6.45) is -0.389.